The Labute approximate surface area is 109 Å². The number of nitrogens with zero attached hydrogens (tertiary/aromatic N) is 1. The summed E-state index contributed by atoms with van der Waals surface area (Å²) in [6.07, 6.45) is -0.00595. The van der Waals surface area contributed by atoms with E-state index in [0.717, 1.165) is 0 Å². The molecular weight excluding hydrogens is 254 g/mol. The molecule has 0 N–H and O–H groups in total. The molecule has 0 saturated carbocycles. The van der Waals surface area contributed by atoms with Crippen LogP contribution in [0.1, 0.15) is 35.6 Å². The van der Waals surface area contributed by atoms with Crippen molar-refractivity contribution >= 4 is 23.3 Å². The first-order valence-corrected chi connectivity index (χ1v) is 6.32. The normalized spacial score (nSPS) is 9.22. The third-order valence-electron chi connectivity index (χ3n) is 1.78. The van der Waals surface area contributed by atoms with Crippen molar-refractivity contribution in [1.29, 1.82) is 0 Å². The third kappa shape index (κ3) is 4.18. The predicted octanol–water partition coefficient (Wildman–Crippen LogP) is 1.62. The summed E-state index contributed by atoms with van der Waals surface area (Å²) in [5.74, 6) is 4.49. The predicted molar refractivity (Wildman–Crippen MR) is 66.2 cm³/mol. The standard InChI is InChI=1S/C12H13NO4S/c1-3-16-10(14)7-5-6-9-11(13-8-18-9)12(15)17-4-2/h8H,3-4,7H2,1-2H3. The number of carbonyl (C=O) groups is 2. The van der Waals surface area contributed by atoms with E-state index in [1.807, 2.05) is 0 Å². The molecule has 0 bridgehead atoms. The number of hydrogen-bond donors (Lipinski definition) is 0. The first kappa shape index (κ1) is 14.2. The molecule has 0 atom stereocenters. The Bertz CT molecular complexity index is 484. The second kappa shape index (κ2) is 7.45. The highest BCUT2D eigenvalue weighted by atomic mass is 32.1. The maximum absolute atomic E-state index is 11.5. The minimum absolute atomic E-state index is 0.00595. The molecule has 0 radical (unpaired) electrons. The minimum Gasteiger partial charge on any atom is -0.465 e. The van der Waals surface area contributed by atoms with E-state index in [1.54, 1.807) is 13.8 Å². The molecule has 0 aliphatic rings. The molecule has 0 spiro atoms. The Morgan fingerprint density at radius 3 is 2.72 bits per heavy atom. The second-order valence-electron chi connectivity index (χ2n) is 3.03. The fraction of sp³-hybridized carbons (Fsp3) is 0.417. The number of aromatic nitrogens is 1. The van der Waals surface area contributed by atoms with Gasteiger partial charge in [0.05, 0.1) is 18.7 Å². The molecule has 1 aromatic rings. The first-order chi connectivity index (χ1) is 8.69. The van der Waals surface area contributed by atoms with E-state index in [4.69, 9.17) is 9.47 Å². The zero-order valence-corrected chi connectivity index (χ0v) is 11.0. The summed E-state index contributed by atoms with van der Waals surface area (Å²) in [6.45, 7) is 4.06. The molecule has 0 aliphatic carbocycles. The van der Waals surface area contributed by atoms with Gasteiger partial charge in [-0.3, -0.25) is 4.79 Å². The van der Waals surface area contributed by atoms with E-state index in [9.17, 15) is 9.59 Å². The highest BCUT2D eigenvalue weighted by Crippen LogP contribution is 2.12. The van der Waals surface area contributed by atoms with E-state index in [2.05, 4.69) is 16.8 Å². The molecule has 96 valence electrons. The van der Waals surface area contributed by atoms with Crippen molar-refractivity contribution < 1.29 is 19.1 Å². The highest BCUT2D eigenvalue weighted by molar-refractivity contribution is 7.10. The summed E-state index contributed by atoms with van der Waals surface area (Å²) in [5, 5.41) is 0. The molecule has 0 unspecified atom stereocenters. The Hall–Kier alpha value is -1.87. The Morgan fingerprint density at radius 1 is 1.33 bits per heavy atom. The fourth-order valence-electron chi connectivity index (χ4n) is 1.09. The van der Waals surface area contributed by atoms with Gasteiger partial charge in [-0.15, -0.1) is 11.3 Å². The van der Waals surface area contributed by atoms with Crippen LogP contribution in [0.5, 0.6) is 0 Å². The summed E-state index contributed by atoms with van der Waals surface area (Å²) < 4.78 is 9.57. The lowest BCUT2D eigenvalue weighted by molar-refractivity contribution is -0.141. The van der Waals surface area contributed by atoms with Crippen molar-refractivity contribution in [3.63, 3.8) is 0 Å². The van der Waals surface area contributed by atoms with Crippen molar-refractivity contribution in [3.8, 4) is 11.8 Å². The van der Waals surface area contributed by atoms with Gasteiger partial charge in [0.2, 0.25) is 0 Å². The Kier molecular flexibility index (Phi) is 5.88. The molecule has 0 fully saturated rings. The minimum atomic E-state index is -0.501. The SMILES string of the molecule is CCOC(=O)CC#Cc1scnc1C(=O)OCC. The van der Waals surface area contributed by atoms with Crippen LogP contribution in [0.3, 0.4) is 0 Å². The maximum Gasteiger partial charge on any atom is 0.359 e. The molecule has 1 heterocycles. The van der Waals surface area contributed by atoms with Crippen molar-refractivity contribution in [3.05, 3.63) is 16.1 Å². The smallest absolute Gasteiger partial charge is 0.359 e. The van der Waals surface area contributed by atoms with Crippen LogP contribution in [0.15, 0.2) is 5.51 Å². The number of esters is 2. The van der Waals surface area contributed by atoms with E-state index >= 15 is 0 Å². The van der Waals surface area contributed by atoms with Crippen molar-refractivity contribution in [2.24, 2.45) is 0 Å². The second-order valence-corrected chi connectivity index (χ2v) is 3.89. The average molecular weight is 267 g/mol. The summed E-state index contributed by atoms with van der Waals surface area (Å²) in [6, 6.07) is 0. The van der Waals surface area contributed by atoms with E-state index < -0.39 is 5.97 Å². The monoisotopic (exact) mass is 267 g/mol. The third-order valence-corrected chi connectivity index (χ3v) is 2.52. The lowest BCUT2D eigenvalue weighted by atomic mass is 10.3. The fourth-order valence-corrected chi connectivity index (χ4v) is 1.73. The van der Waals surface area contributed by atoms with Crippen LogP contribution in [0.25, 0.3) is 0 Å². The van der Waals surface area contributed by atoms with Gasteiger partial charge < -0.3 is 9.47 Å². The summed E-state index contributed by atoms with van der Waals surface area (Å²) in [4.78, 5) is 26.9. The topological polar surface area (TPSA) is 65.5 Å². The summed E-state index contributed by atoms with van der Waals surface area (Å²) >= 11 is 1.23. The highest BCUT2D eigenvalue weighted by Gasteiger charge is 2.14. The zero-order chi connectivity index (χ0) is 13.4. The number of ether oxygens (including phenoxy) is 2. The molecule has 1 rings (SSSR count). The van der Waals surface area contributed by atoms with Crippen LogP contribution in [-0.2, 0) is 14.3 Å². The van der Waals surface area contributed by atoms with Crippen LogP contribution < -0.4 is 0 Å². The van der Waals surface area contributed by atoms with E-state index in [1.165, 1.54) is 16.8 Å². The van der Waals surface area contributed by atoms with Crippen LogP contribution in [0, 0.1) is 11.8 Å². The van der Waals surface area contributed by atoms with Gasteiger partial charge in [0, 0.05) is 0 Å². The first-order valence-electron chi connectivity index (χ1n) is 5.44. The van der Waals surface area contributed by atoms with Crippen molar-refractivity contribution in [2.45, 2.75) is 20.3 Å². The molecule has 18 heavy (non-hydrogen) atoms. The van der Waals surface area contributed by atoms with Gasteiger partial charge in [0.25, 0.3) is 0 Å². The summed E-state index contributed by atoms with van der Waals surface area (Å²) in [5.41, 5.74) is 1.71. The average Bonchev–Trinajstić information content (AvgIpc) is 2.78. The van der Waals surface area contributed by atoms with Crippen molar-refractivity contribution in [1.82, 2.24) is 4.98 Å². The molecule has 6 heteroatoms. The number of hydrogen-bond acceptors (Lipinski definition) is 6. The molecule has 0 saturated heterocycles. The van der Waals surface area contributed by atoms with Gasteiger partial charge in [-0.2, -0.15) is 0 Å². The van der Waals surface area contributed by atoms with Gasteiger partial charge in [0.1, 0.15) is 11.3 Å². The Morgan fingerprint density at radius 2 is 2.06 bits per heavy atom. The van der Waals surface area contributed by atoms with Gasteiger partial charge in [-0.25, -0.2) is 9.78 Å². The lowest BCUT2D eigenvalue weighted by Crippen LogP contribution is -2.06. The Balaban J connectivity index is 2.68. The molecule has 0 amide bonds. The summed E-state index contributed by atoms with van der Waals surface area (Å²) in [7, 11) is 0. The maximum atomic E-state index is 11.5. The largest absolute Gasteiger partial charge is 0.465 e. The number of thiazole rings is 1. The number of rotatable bonds is 4. The van der Waals surface area contributed by atoms with Gasteiger partial charge in [-0.1, -0.05) is 11.8 Å². The lowest BCUT2D eigenvalue weighted by Gasteiger charge is -1.97. The molecule has 0 aromatic carbocycles. The molecule has 1 aromatic heterocycles. The quantitative estimate of drug-likeness (QED) is 0.612. The van der Waals surface area contributed by atoms with Crippen molar-refractivity contribution in [2.75, 3.05) is 13.2 Å². The van der Waals surface area contributed by atoms with Gasteiger partial charge in [-0.05, 0) is 13.8 Å². The molecule has 0 aliphatic heterocycles. The number of carbonyl (C=O) groups excluding carboxylic acids is 2. The molecular formula is C12H13NO4S. The van der Waals surface area contributed by atoms with Crippen LogP contribution in [-0.4, -0.2) is 30.1 Å². The van der Waals surface area contributed by atoms with E-state index in [0.29, 0.717) is 11.5 Å². The van der Waals surface area contributed by atoms with Crippen LogP contribution in [0.2, 0.25) is 0 Å². The van der Waals surface area contributed by atoms with Gasteiger partial charge in [0.15, 0.2) is 5.69 Å². The van der Waals surface area contributed by atoms with Gasteiger partial charge >= 0.3 is 11.9 Å². The van der Waals surface area contributed by atoms with Crippen LogP contribution in [0.4, 0.5) is 0 Å². The zero-order valence-electron chi connectivity index (χ0n) is 10.2. The molecule has 5 nitrogen and oxygen atoms in total. The van der Waals surface area contributed by atoms with E-state index in [-0.39, 0.29) is 24.7 Å². The van der Waals surface area contributed by atoms with Crippen LogP contribution >= 0.6 is 11.3 Å².